The predicted octanol–water partition coefficient (Wildman–Crippen LogP) is -1.22. The van der Waals surface area contributed by atoms with Gasteiger partial charge in [0.15, 0.2) is 12.4 Å². The molecule has 2 rings (SSSR count). The fourth-order valence-electron chi connectivity index (χ4n) is 1.36. The van der Waals surface area contributed by atoms with Gasteiger partial charge in [0, 0.05) is 13.1 Å². The lowest BCUT2D eigenvalue weighted by Crippen LogP contribution is -2.42. The molecule has 3 atom stereocenters. The van der Waals surface area contributed by atoms with Gasteiger partial charge in [-0.05, 0) is 0 Å². The molecule has 0 aliphatic carbocycles. The summed E-state index contributed by atoms with van der Waals surface area (Å²) in [6.45, 7) is 1.15. The standard InChI is InChI=1S/C6H9NO4/c8-6(9)5-3-1-7-2-4(10-3)11-5/h3-5,7H,1-2H2,(H,8,9)/t3-,4-,5?/m0/s1. The Hall–Kier alpha value is -0.650. The summed E-state index contributed by atoms with van der Waals surface area (Å²) in [5.74, 6) is -0.943. The number of carboxylic acid groups (broad SMARTS) is 1. The Balaban J connectivity index is 2.08. The monoisotopic (exact) mass is 159 g/mol. The molecule has 0 aromatic carbocycles. The summed E-state index contributed by atoms with van der Waals surface area (Å²) in [5, 5.41) is 11.6. The molecule has 0 spiro atoms. The van der Waals surface area contributed by atoms with E-state index in [1.807, 2.05) is 0 Å². The van der Waals surface area contributed by atoms with Crippen LogP contribution in [0.25, 0.3) is 0 Å². The van der Waals surface area contributed by atoms with Crippen molar-refractivity contribution in [3.63, 3.8) is 0 Å². The van der Waals surface area contributed by atoms with Gasteiger partial charge in [0.1, 0.15) is 6.10 Å². The Labute approximate surface area is 63.3 Å². The van der Waals surface area contributed by atoms with E-state index in [2.05, 4.69) is 5.32 Å². The number of hydrogen-bond donors (Lipinski definition) is 2. The first-order chi connectivity index (χ1) is 5.27. The fourth-order valence-corrected chi connectivity index (χ4v) is 1.36. The number of nitrogens with one attached hydrogen (secondary N) is 1. The minimum Gasteiger partial charge on any atom is -0.479 e. The van der Waals surface area contributed by atoms with Crippen molar-refractivity contribution in [3.8, 4) is 0 Å². The van der Waals surface area contributed by atoms with Crippen molar-refractivity contribution < 1.29 is 19.4 Å². The molecule has 0 saturated carbocycles. The minimum absolute atomic E-state index is 0.314. The summed E-state index contributed by atoms with van der Waals surface area (Å²) in [7, 11) is 0. The first-order valence-corrected chi connectivity index (χ1v) is 3.52. The van der Waals surface area contributed by atoms with Crippen LogP contribution in [0.4, 0.5) is 0 Å². The highest BCUT2D eigenvalue weighted by Gasteiger charge is 2.43. The fraction of sp³-hybridized carbons (Fsp3) is 0.833. The number of aliphatic carboxylic acids is 1. The first-order valence-electron chi connectivity index (χ1n) is 3.52. The van der Waals surface area contributed by atoms with E-state index < -0.39 is 12.1 Å². The Morgan fingerprint density at radius 3 is 2.91 bits per heavy atom. The average Bonchev–Trinajstić information content (AvgIpc) is 2.27. The summed E-state index contributed by atoms with van der Waals surface area (Å²) in [5.41, 5.74) is 0. The van der Waals surface area contributed by atoms with Crippen LogP contribution in [-0.4, -0.2) is 42.7 Å². The number of hydrogen-bond acceptors (Lipinski definition) is 4. The highest BCUT2D eigenvalue weighted by atomic mass is 16.7. The quantitative estimate of drug-likeness (QED) is 0.502. The smallest absolute Gasteiger partial charge is 0.335 e. The molecule has 2 aliphatic heterocycles. The van der Waals surface area contributed by atoms with Gasteiger partial charge >= 0.3 is 5.97 Å². The van der Waals surface area contributed by atoms with E-state index in [1.54, 1.807) is 0 Å². The number of ether oxygens (including phenoxy) is 2. The van der Waals surface area contributed by atoms with Crippen LogP contribution in [0.15, 0.2) is 0 Å². The topological polar surface area (TPSA) is 67.8 Å². The van der Waals surface area contributed by atoms with Crippen LogP contribution in [0.2, 0.25) is 0 Å². The molecule has 11 heavy (non-hydrogen) atoms. The van der Waals surface area contributed by atoms with Crippen molar-refractivity contribution in [1.29, 1.82) is 0 Å². The number of fused-ring (bicyclic) bond motifs is 2. The zero-order valence-electron chi connectivity index (χ0n) is 5.82. The highest BCUT2D eigenvalue weighted by Crippen LogP contribution is 2.21. The predicted molar refractivity (Wildman–Crippen MR) is 34.0 cm³/mol. The molecule has 0 radical (unpaired) electrons. The normalized spacial score (nSPS) is 42.4. The molecular formula is C6H9NO4. The van der Waals surface area contributed by atoms with Crippen molar-refractivity contribution in [2.75, 3.05) is 13.1 Å². The maximum absolute atomic E-state index is 10.5. The van der Waals surface area contributed by atoms with Gasteiger partial charge < -0.3 is 19.9 Å². The Morgan fingerprint density at radius 1 is 1.45 bits per heavy atom. The molecule has 5 nitrogen and oxygen atoms in total. The third-order valence-corrected chi connectivity index (χ3v) is 1.86. The lowest BCUT2D eigenvalue weighted by molar-refractivity contribution is -0.149. The van der Waals surface area contributed by atoms with Gasteiger partial charge in [-0.15, -0.1) is 0 Å². The summed E-state index contributed by atoms with van der Waals surface area (Å²) >= 11 is 0. The molecule has 0 aromatic rings. The van der Waals surface area contributed by atoms with Crippen molar-refractivity contribution in [3.05, 3.63) is 0 Å². The molecule has 1 unspecified atom stereocenters. The lowest BCUT2D eigenvalue weighted by atomic mass is 10.2. The van der Waals surface area contributed by atoms with Crippen LogP contribution in [0.5, 0.6) is 0 Å². The van der Waals surface area contributed by atoms with Crippen LogP contribution < -0.4 is 5.32 Å². The molecule has 0 aromatic heterocycles. The molecule has 2 heterocycles. The van der Waals surface area contributed by atoms with Crippen molar-refractivity contribution in [2.24, 2.45) is 0 Å². The van der Waals surface area contributed by atoms with Gasteiger partial charge in [0.25, 0.3) is 0 Å². The molecule has 2 bridgehead atoms. The zero-order chi connectivity index (χ0) is 7.84. The Kier molecular flexibility index (Phi) is 1.56. The van der Waals surface area contributed by atoms with E-state index in [-0.39, 0.29) is 12.4 Å². The summed E-state index contributed by atoms with van der Waals surface area (Å²) in [6, 6.07) is 0. The van der Waals surface area contributed by atoms with Crippen molar-refractivity contribution >= 4 is 5.97 Å². The molecule has 2 aliphatic rings. The molecule has 0 amide bonds. The van der Waals surface area contributed by atoms with Gasteiger partial charge in [-0.25, -0.2) is 4.79 Å². The number of morpholine rings is 1. The Bertz CT molecular complexity index is 183. The maximum atomic E-state index is 10.5. The van der Waals surface area contributed by atoms with Crippen LogP contribution in [-0.2, 0) is 14.3 Å². The van der Waals surface area contributed by atoms with E-state index in [0.29, 0.717) is 13.1 Å². The number of carboxylic acids is 1. The van der Waals surface area contributed by atoms with Gasteiger partial charge in [-0.1, -0.05) is 0 Å². The average molecular weight is 159 g/mol. The molecule has 5 heteroatoms. The largest absolute Gasteiger partial charge is 0.479 e. The summed E-state index contributed by atoms with van der Waals surface area (Å²) < 4.78 is 10.3. The molecule has 62 valence electrons. The molecular weight excluding hydrogens is 150 g/mol. The van der Waals surface area contributed by atoms with Crippen molar-refractivity contribution in [2.45, 2.75) is 18.5 Å². The minimum atomic E-state index is -0.943. The van der Waals surface area contributed by atoms with Crippen LogP contribution in [0.3, 0.4) is 0 Å². The van der Waals surface area contributed by atoms with E-state index in [1.165, 1.54) is 0 Å². The first kappa shape index (κ1) is 7.02. The molecule has 2 fully saturated rings. The van der Waals surface area contributed by atoms with Gasteiger partial charge in [-0.2, -0.15) is 0 Å². The van der Waals surface area contributed by atoms with Crippen molar-refractivity contribution in [1.82, 2.24) is 5.32 Å². The summed E-state index contributed by atoms with van der Waals surface area (Å²) in [4.78, 5) is 10.5. The molecule has 2 N–H and O–H groups in total. The van der Waals surface area contributed by atoms with E-state index in [9.17, 15) is 4.79 Å². The zero-order valence-corrected chi connectivity index (χ0v) is 5.82. The second kappa shape index (κ2) is 2.44. The van der Waals surface area contributed by atoms with Crippen LogP contribution in [0, 0.1) is 0 Å². The number of carbonyl (C=O) groups is 1. The lowest BCUT2D eigenvalue weighted by Gasteiger charge is -2.18. The van der Waals surface area contributed by atoms with Crippen LogP contribution in [0.1, 0.15) is 0 Å². The van der Waals surface area contributed by atoms with E-state index in [0.717, 1.165) is 0 Å². The maximum Gasteiger partial charge on any atom is 0.335 e. The second-order valence-corrected chi connectivity index (χ2v) is 2.66. The van der Waals surface area contributed by atoms with Gasteiger partial charge in [0.05, 0.1) is 0 Å². The van der Waals surface area contributed by atoms with E-state index >= 15 is 0 Å². The Morgan fingerprint density at radius 2 is 2.27 bits per heavy atom. The number of rotatable bonds is 1. The highest BCUT2D eigenvalue weighted by molar-refractivity contribution is 5.73. The second-order valence-electron chi connectivity index (χ2n) is 2.66. The van der Waals surface area contributed by atoms with Crippen LogP contribution >= 0.6 is 0 Å². The third kappa shape index (κ3) is 1.11. The van der Waals surface area contributed by atoms with Gasteiger partial charge in [0.2, 0.25) is 0 Å². The summed E-state index contributed by atoms with van der Waals surface area (Å²) in [6.07, 6.45) is -1.46. The van der Waals surface area contributed by atoms with Gasteiger partial charge in [-0.3, -0.25) is 0 Å². The SMILES string of the molecule is O=C(O)C1O[C@H]2CNC[C@@H]1O2. The third-order valence-electron chi connectivity index (χ3n) is 1.86. The van der Waals surface area contributed by atoms with E-state index in [4.69, 9.17) is 14.6 Å². The molecule has 2 saturated heterocycles.